The first-order valence-corrected chi connectivity index (χ1v) is 7.17. The molecule has 1 aliphatic rings. The zero-order valence-electron chi connectivity index (χ0n) is 10.9. The van der Waals surface area contributed by atoms with Crippen molar-refractivity contribution in [2.75, 3.05) is 0 Å². The SMILES string of the molecule is Cc1cscc1C(=O)N1Cc2ccc(C(=O)O)cc2C1. The molecule has 0 bridgehead atoms. The summed E-state index contributed by atoms with van der Waals surface area (Å²) < 4.78 is 0. The quantitative estimate of drug-likeness (QED) is 0.924. The standard InChI is InChI=1S/C15H13NO3S/c1-9-7-20-8-13(9)14(17)16-5-11-3-2-10(15(18)19)4-12(11)6-16/h2-4,7-8H,5-6H2,1H3,(H,18,19). The molecule has 20 heavy (non-hydrogen) atoms. The number of aromatic carboxylic acids is 1. The van der Waals surface area contributed by atoms with Gasteiger partial charge in [-0.25, -0.2) is 4.79 Å². The van der Waals surface area contributed by atoms with E-state index in [0.29, 0.717) is 13.1 Å². The number of fused-ring (bicyclic) bond motifs is 1. The van der Waals surface area contributed by atoms with Crippen molar-refractivity contribution in [1.29, 1.82) is 0 Å². The van der Waals surface area contributed by atoms with Crippen molar-refractivity contribution < 1.29 is 14.7 Å². The summed E-state index contributed by atoms with van der Waals surface area (Å²) >= 11 is 1.52. The van der Waals surface area contributed by atoms with Gasteiger partial charge in [-0.3, -0.25) is 4.79 Å². The minimum atomic E-state index is -0.939. The Hall–Kier alpha value is -2.14. The summed E-state index contributed by atoms with van der Waals surface area (Å²) in [6.07, 6.45) is 0. The number of carboxylic acids is 1. The maximum atomic E-state index is 12.4. The molecule has 0 aliphatic carbocycles. The van der Waals surface area contributed by atoms with Crippen LogP contribution in [0.2, 0.25) is 0 Å². The Balaban J connectivity index is 1.85. The molecule has 1 N–H and O–H groups in total. The van der Waals surface area contributed by atoms with Crippen molar-refractivity contribution in [3.05, 3.63) is 56.8 Å². The fourth-order valence-corrected chi connectivity index (χ4v) is 3.24. The largest absolute Gasteiger partial charge is 0.478 e. The van der Waals surface area contributed by atoms with Crippen LogP contribution in [0.15, 0.2) is 29.0 Å². The van der Waals surface area contributed by atoms with E-state index in [1.807, 2.05) is 17.7 Å². The fraction of sp³-hybridized carbons (Fsp3) is 0.200. The Morgan fingerprint density at radius 1 is 1.20 bits per heavy atom. The smallest absolute Gasteiger partial charge is 0.335 e. The van der Waals surface area contributed by atoms with E-state index in [-0.39, 0.29) is 11.5 Å². The van der Waals surface area contributed by atoms with Gasteiger partial charge in [-0.1, -0.05) is 6.07 Å². The number of hydrogen-bond acceptors (Lipinski definition) is 3. The molecule has 1 aromatic carbocycles. The predicted molar refractivity (Wildman–Crippen MR) is 76.0 cm³/mol. The van der Waals surface area contributed by atoms with Gasteiger partial charge in [0.1, 0.15) is 0 Å². The van der Waals surface area contributed by atoms with E-state index in [9.17, 15) is 9.59 Å². The van der Waals surface area contributed by atoms with E-state index in [0.717, 1.165) is 22.3 Å². The lowest BCUT2D eigenvalue weighted by Crippen LogP contribution is -2.25. The maximum absolute atomic E-state index is 12.4. The lowest BCUT2D eigenvalue weighted by molar-refractivity contribution is 0.0696. The van der Waals surface area contributed by atoms with Crippen LogP contribution in [0.25, 0.3) is 0 Å². The van der Waals surface area contributed by atoms with Gasteiger partial charge in [0.15, 0.2) is 0 Å². The van der Waals surface area contributed by atoms with Crippen molar-refractivity contribution in [3.63, 3.8) is 0 Å². The Bertz CT molecular complexity index is 705. The summed E-state index contributed by atoms with van der Waals surface area (Å²) in [6, 6.07) is 5.04. The monoisotopic (exact) mass is 287 g/mol. The van der Waals surface area contributed by atoms with Crippen LogP contribution >= 0.6 is 11.3 Å². The summed E-state index contributed by atoms with van der Waals surface area (Å²) in [4.78, 5) is 25.2. The summed E-state index contributed by atoms with van der Waals surface area (Å²) in [6.45, 7) is 2.95. The van der Waals surface area contributed by atoms with Gasteiger partial charge < -0.3 is 10.0 Å². The molecule has 4 nitrogen and oxygen atoms in total. The molecule has 0 radical (unpaired) electrons. The molecule has 0 spiro atoms. The van der Waals surface area contributed by atoms with Gasteiger partial charge in [0, 0.05) is 18.5 Å². The van der Waals surface area contributed by atoms with Crippen LogP contribution in [0.1, 0.15) is 37.4 Å². The first kappa shape index (κ1) is 12.9. The van der Waals surface area contributed by atoms with Crippen LogP contribution in [0, 0.1) is 6.92 Å². The Morgan fingerprint density at radius 3 is 2.60 bits per heavy atom. The highest BCUT2D eigenvalue weighted by molar-refractivity contribution is 7.08. The van der Waals surface area contributed by atoms with Gasteiger partial charge >= 0.3 is 5.97 Å². The van der Waals surface area contributed by atoms with Crippen molar-refractivity contribution in [2.24, 2.45) is 0 Å². The zero-order chi connectivity index (χ0) is 14.3. The first-order chi connectivity index (χ1) is 9.56. The number of carbonyl (C=O) groups excluding carboxylic acids is 1. The third-order valence-electron chi connectivity index (χ3n) is 3.55. The van der Waals surface area contributed by atoms with Gasteiger partial charge in [-0.2, -0.15) is 11.3 Å². The highest BCUT2D eigenvalue weighted by Gasteiger charge is 2.26. The van der Waals surface area contributed by atoms with E-state index in [1.165, 1.54) is 11.3 Å². The molecule has 0 unspecified atom stereocenters. The molecule has 102 valence electrons. The fourth-order valence-electron chi connectivity index (χ4n) is 2.42. The summed E-state index contributed by atoms with van der Waals surface area (Å²) in [5, 5.41) is 12.8. The molecule has 5 heteroatoms. The third kappa shape index (κ3) is 2.10. The van der Waals surface area contributed by atoms with E-state index >= 15 is 0 Å². The number of aryl methyl sites for hydroxylation is 1. The number of nitrogens with zero attached hydrogens (tertiary/aromatic N) is 1. The second-order valence-electron chi connectivity index (χ2n) is 4.92. The molecular weight excluding hydrogens is 274 g/mol. The summed E-state index contributed by atoms with van der Waals surface area (Å²) in [5.41, 5.74) is 3.94. The van der Waals surface area contributed by atoms with E-state index in [4.69, 9.17) is 5.11 Å². The lowest BCUT2D eigenvalue weighted by atomic mass is 10.1. The van der Waals surface area contributed by atoms with Crippen LogP contribution in [-0.4, -0.2) is 21.9 Å². The topological polar surface area (TPSA) is 57.6 Å². The molecule has 0 saturated heterocycles. The zero-order valence-corrected chi connectivity index (χ0v) is 11.7. The van der Waals surface area contributed by atoms with Crippen LogP contribution in [0.4, 0.5) is 0 Å². The Labute approximate surface area is 120 Å². The van der Waals surface area contributed by atoms with Crippen LogP contribution in [-0.2, 0) is 13.1 Å². The number of carbonyl (C=O) groups is 2. The van der Waals surface area contributed by atoms with Gasteiger partial charge in [-0.05, 0) is 41.1 Å². The number of rotatable bonds is 2. The molecule has 1 amide bonds. The molecule has 2 heterocycles. The van der Waals surface area contributed by atoms with Crippen LogP contribution in [0.5, 0.6) is 0 Å². The number of carboxylic acid groups (broad SMARTS) is 1. The van der Waals surface area contributed by atoms with E-state index in [2.05, 4.69) is 0 Å². The maximum Gasteiger partial charge on any atom is 0.335 e. The second kappa shape index (κ2) is 4.76. The number of benzene rings is 1. The van der Waals surface area contributed by atoms with Gasteiger partial charge in [-0.15, -0.1) is 0 Å². The molecule has 1 aliphatic heterocycles. The van der Waals surface area contributed by atoms with Gasteiger partial charge in [0.05, 0.1) is 11.1 Å². The van der Waals surface area contributed by atoms with Crippen molar-refractivity contribution in [2.45, 2.75) is 20.0 Å². The molecule has 0 saturated carbocycles. The van der Waals surface area contributed by atoms with Crippen LogP contribution < -0.4 is 0 Å². The number of amides is 1. The molecule has 3 rings (SSSR count). The van der Waals surface area contributed by atoms with Crippen molar-refractivity contribution in [1.82, 2.24) is 4.90 Å². The predicted octanol–water partition coefficient (Wildman–Crippen LogP) is 2.91. The van der Waals surface area contributed by atoms with Gasteiger partial charge in [0.2, 0.25) is 0 Å². The number of thiophene rings is 1. The highest BCUT2D eigenvalue weighted by atomic mass is 32.1. The third-order valence-corrected chi connectivity index (χ3v) is 4.41. The lowest BCUT2D eigenvalue weighted by Gasteiger charge is -2.15. The normalized spacial score (nSPS) is 13.3. The van der Waals surface area contributed by atoms with E-state index < -0.39 is 5.97 Å². The Kier molecular flexibility index (Phi) is 3.06. The number of hydrogen-bond donors (Lipinski definition) is 1. The minimum Gasteiger partial charge on any atom is -0.478 e. The molecular formula is C15H13NO3S. The molecule has 0 atom stereocenters. The second-order valence-corrected chi connectivity index (χ2v) is 5.66. The van der Waals surface area contributed by atoms with Gasteiger partial charge in [0.25, 0.3) is 5.91 Å². The first-order valence-electron chi connectivity index (χ1n) is 6.23. The highest BCUT2D eigenvalue weighted by Crippen LogP contribution is 2.27. The molecule has 2 aromatic rings. The van der Waals surface area contributed by atoms with E-state index in [1.54, 1.807) is 23.1 Å². The molecule has 0 fully saturated rings. The summed E-state index contributed by atoms with van der Waals surface area (Å²) in [7, 11) is 0. The van der Waals surface area contributed by atoms with Crippen molar-refractivity contribution in [3.8, 4) is 0 Å². The van der Waals surface area contributed by atoms with Crippen molar-refractivity contribution >= 4 is 23.2 Å². The minimum absolute atomic E-state index is 0.0109. The summed E-state index contributed by atoms with van der Waals surface area (Å²) in [5.74, 6) is -0.928. The average Bonchev–Trinajstić information content (AvgIpc) is 3.02. The van der Waals surface area contributed by atoms with Crippen LogP contribution in [0.3, 0.4) is 0 Å². The molecule has 1 aromatic heterocycles. The Morgan fingerprint density at radius 2 is 1.95 bits per heavy atom. The average molecular weight is 287 g/mol.